The summed E-state index contributed by atoms with van der Waals surface area (Å²) < 4.78 is 6.06. The van der Waals surface area contributed by atoms with Gasteiger partial charge in [-0.15, -0.1) is 16.4 Å². The van der Waals surface area contributed by atoms with Crippen LogP contribution in [0.3, 0.4) is 0 Å². The maximum atomic E-state index is 5.97. The fraction of sp³-hybridized carbons (Fsp3) is 0.267. The third-order valence-corrected chi connectivity index (χ3v) is 4.50. The van der Waals surface area contributed by atoms with Crippen LogP contribution < -0.4 is 5.32 Å². The maximum Gasteiger partial charge on any atom is 0.216 e. The molecular weight excluding hydrogens is 348 g/mol. The zero-order valence-electron chi connectivity index (χ0n) is 13.3. The number of hydrogen-bond donors (Lipinski definition) is 2. The lowest BCUT2D eigenvalue weighted by molar-refractivity contribution is 0.480. The number of hydrogen-bond acceptors (Lipinski definition) is 5. The van der Waals surface area contributed by atoms with Crippen molar-refractivity contribution < 1.29 is 4.42 Å². The summed E-state index contributed by atoms with van der Waals surface area (Å²) in [6, 6.07) is 7.54. The van der Waals surface area contributed by atoms with Crippen LogP contribution in [-0.2, 0) is 13.1 Å². The highest BCUT2D eigenvalue weighted by Gasteiger charge is 2.11. The first-order valence-corrected chi connectivity index (χ1v) is 8.46. The van der Waals surface area contributed by atoms with E-state index in [0.29, 0.717) is 24.0 Å². The minimum absolute atomic E-state index is 0.482. The van der Waals surface area contributed by atoms with E-state index in [9.17, 15) is 0 Å². The van der Waals surface area contributed by atoms with E-state index >= 15 is 0 Å². The van der Waals surface area contributed by atoms with E-state index in [1.807, 2.05) is 30.1 Å². The summed E-state index contributed by atoms with van der Waals surface area (Å²) in [4.78, 5) is 11.9. The molecule has 126 valence electrons. The monoisotopic (exact) mass is 364 g/mol. The summed E-state index contributed by atoms with van der Waals surface area (Å²) in [6.45, 7) is 1.21. The number of H-pyrrole nitrogens is 1. The topological polar surface area (TPSA) is 82.3 Å². The molecule has 3 aromatic rings. The van der Waals surface area contributed by atoms with E-state index in [4.69, 9.17) is 16.0 Å². The number of rotatable bonds is 5. The first kappa shape index (κ1) is 16.5. The van der Waals surface area contributed by atoms with E-state index in [2.05, 4.69) is 25.5 Å². The van der Waals surface area contributed by atoms with Gasteiger partial charge in [0, 0.05) is 19.0 Å². The molecule has 0 spiro atoms. The first-order chi connectivity index (χ1) is 11.7. The number of aromatic amines is 1. The van der Waals surface area contributed by atoms with Crippen molar-refractivity contribution in [3.63, 3.8) is 0 Å². The molecule has 0 amide bonds. The molecule has 0 saturated heterocycles. The van der Waals surface area contributed by atoms with E-state index in [1.54, 1.807) is 30.7 Å². The Kier molecular flexibility index (Phi) is 5.17. The standard InChI is InChI=1S/C15H17ClN6OS/c1-17-15(22(2)9-10-5-6-12(16)24-10)18-8-13-19-14(21-20-13)11-4-3-7-23-11/h3-7H,8-9H2,1-2H3,(H,17,18)(H,19,20,21). The number of furan rings is 1. The number of halogens is 1. The Morgan fingerprint density at radius 2 is 2.33 bits per heavy atom. The molecule has 0 aliphatic heterocycles. The molecule has 3 heterocycles. The second-order valence-corrected chi connectivity index (χ2v) is 6.85. The van der Waals surface area contributed by atoms with Crippen LogP contribution >= 0.6 is 22.9 Å². The van der Waals surface area contributed by atoms with Crippen LogP contribution in [-0.4, -0.2) is 40.1 Å². The van der Waals surface area contributed by atoms with Crippen LogP contribution in [0, 0.1) is 0 Å². The van der Waals surface area contributed by atoms with Crippen molar-refractivity contribution in [1.82, 2.24) is 25.4 Å². The van der Waals surface area contributed by atoms with Gasteiger partial charge in [0.15, 0.2) is 11.7 Å². The fourth-order valence-corrected chi connectivity index (χ4v) is 3.32. The minimum Gasteiger partial charge on any atom is -0.461 e. The number of thiophene rings is 1. The lowest BCUT2D eigenvalue weighted by Gasteiger charge is -2.20. The van der Waals surface area contributed by atoms with Gasteiger partial charge < -0.3 is 14.6 Å². The average molecular weight is 365 g/mol. The van der Waals surface area contributed by atoms with Crippen molar-refractivity contribution >= 4 is 28.9 Å². The third-order valence-electron chi connectivity index (χ3n) is 3.28. The second-order valence-electron chi connectivity index (χ2n) is 5.05. The van der Waals surface area contributed by atoms with Gasteiger partial charge in [-0.05, 0) is 24.3 Å². The van der Waals surface area contributed by atoms with Crippen molar-refractivity contribution in [2.45, 2.75) is 13.1 Å². The first-order valence-electron chi connectivity index (χ1n) is 7.27. The summed E-state index contributed by atoms with van der Waals surface area (Å²) in [7, 11) is 3.71. The summed E-state index contributed by atoms with van der Waals surface area (Å²) in [6.07, 6.45) is 1.59. The molecule has 0 bridgehead atoms. The van der Waals surface area contributed by atoms with E-state index in [-0.39, 0.29) is 0 Å². The highest BCUT2D eigenvalue weighted by Crippen LogP contribution is 2.22. The summed E-state index contributed by atoms with van der Waals surface area (Å²) in [5, 5.41) is 10.3. The van der Waals surface area contributed by atoms with Crippen LogP contribution in [0.25, 0.3) is 11.6 Å². The van der Waals surface area contributed by atoms with Gasteiger partial charge in [0.2, 0.25) is 5.82 Å². The predicted octanol–water partition coefficient (Wildman–Crippen LogP) is 2.99. The van der Waals surface area contributed by atoms with Crippen molar-refractivity contribution in [2.24, 2.45) is 4.99 Å². The molecule has 0 aromatic carbocycles. The van der Waals surface area contributed by atoms with Crippen LogP contribution in [0.4, 0.5) is 0 Å². The Morgan fingerprint density at radius 1 is 1.46 bits per heavy atom. The molecular formula is C15H17ClN6OS. The van der Waals surface area contributed by atoms with E-state index in [0.717, 1.165) is 16.8 Å². The number of guanidine groups is 1. The molecule has 9 heteroatoms. The van der Waals surface area contributed by atoms with Crippen molar-refractivity contribution in [2.75, 3.05) is 14.1 Å². The number of nitrogens with zero attached hydrogens (tertiary/aromatic N) is 4. The van der Waals surface area contributed by atoms with Crippen LogP contribution in [0.1, 0.15) is 10.7 Å². The fourth-order valence-electron chi connectivity index (χ4n) is 2.18. The smallest absolute Gasteiger partial charge is 0.216 e. The molecule has 7 nitrogen and oxygen atoms in total. The largest absolute Gasteiger partial charge is 0.461 e. The summed E-state index contributed by atoms with van der Waals surface area (Å²) in [5.74, 6) is 2.63. The van der Waals surface area contributed by atoms with Crippen molar-refractivity contribution in [3.8, 4) is 11.6 Å². The zero-order valence-corrected chi connectivity index (χ0v) is 14.9. The van der Waals surface area contributed by atoms with Gasteiger partial charge in [-0.25, -0.2) is 4.98 Å². The highest BCUT2D eigenvalue weighted by molar-refractivity contribution is 7.16. The molecule has 3 aromatic heterocycles. The molecule has 0 radical (unpaired) electrons. The Labute approximate surface area is 148 Å². The van der Waals surface area contributed by atoms with Gasteiger partial charge in [-0.3, -0.25) is 10.1 Å². The normalized spacial score (nSPS) is 11.7. The highest BCUT2D eigenvalue weighted by atomic mass is 35.5. The molecule has 0 aliphatic rings. The van der Waals surface area contributed by atoms with Crippen LogP contribution in [0.5, 0.6) is 0 Å². The molecule has 3 rings (SSSR count). The zero-order chi connectivity index (χ0) is 16.9. The Hall–Kier alpha value is -2.32. The Bertz CT molecular complexity index is 810. The molecule has 0 atom stereocenters. The second kappa shape index (κ2) is 7.50. The summed E-state index contributed by atoms with van der Waals surface area (Å²) in [5.41, 5.74) is 0. The lowest BCUT2D eigenvalue weighted by Crippen LogP contribution is -2.38. The third kappa shape index (κ3) is 3.95. The molecule has 0 aliphatic carbocycles. The number of nitrogens with one attached hydrogen (secondary N) is 2. The van der Waals surface area contributed by atoms with Gasteiger partial charge in [0.1, 0.15) is 5.82 Å². The van der Waals surface area contributed by atoms with Crippen LogP contribution in [0.2, 0.25) is 4.34 Å². The van der Waals surface area contributed by atoms with E-state index in [1.165, 1.54) is 4.88 Å². The molecule has 0 saturated carbocycles. The lowest BCUT2D eigenvalue weighted by atomic mass is 10.4. The van der Waals surface area contributed by atoms with Gasteiger partial charge in [0.05, 0.1) is 23.7 Å². The number of aromatic nitrogens is 3. The Morgan fingerprint density at radius 3 is 3.00 bits per heavy atom. The summed E-state index contributed by atoms with van der Waals surface area (Å²) >= 11 is 7.53. The molecule has 0 unspecified atom stereocenters. The Balaban J connectivity index is 1.58. The van der Waals surface area contributed by atoms with Crippen LogP contribution in [0.15, 0.2) is 39.9 Å². The maximum absolute atomic E-state index is 5.97. The average Bonchev–Trinajstić information content (AvgIpc) is 3.29. The van der Waals surface area contributed by atoms with Crippen molar-refractivity contribution in [3.05, 3.63) is 45.6 Å². The van der Waals surface area contributed by atoms with Crippen molar-refractivity contribution in [1.29, 1.82) is 0 Å². The number of aliphatic imine (C=N–C) groups is 1. The SMILES string of the molecule is CN=C(NCc1nc(-c2ccco2)n[nH]1)N(C)Cc1ccc(Cl)s1. The van der Waals surface area contributed by atoms with Gasteiger partial charge in [-0.1, -0.05) is 11.6 Å². The predicted molar refractivity (Wildman–Crippen MR) is 95.1 cm³/mol. The van der Waals surface area contributed by atoms with Gasteiger partial charge in [0.25, 0.3) is 0 Å². The minimum atomic E-state index is 0.482. The molecule has 0 fully saturated rings. The molecule has 2 N–H and O–H groups in total. The van der Waals surface area contributed by atoms with E-state index < -0.39 is 0 Å². The molecule has 24 heavy (non-hydrogen) atoms. The van der Waals surface area contributed by atoms with Gasteiger partial charge >= 0.3 is 0 Å². The van der Waals surface area contributed by atoms with Gasteiger partial charge in [-0.2, -0.15) is 0 Å². The quantitative estimate of drug-likeness (QED) is 0.537.